The molecule has 0 radical (unpaired) electrons. The molecule has 0 atom stereocenters. The Balaban J connectivity index is 1.87. The molecule has 1 heterocycles. The highest BCUT2D eigenvalue weighted by atomic mass is 16.3. The van der Waals surface area contributed by atoms with Gasteiger partial charge in [-0.25, -0.2) is 0 Å². The van der Waals surface area contributed by atoms with E-state index in [-0.39, 0.29) is 0 Å². The van der Waals surface area contributed by atoms with E-state index < -0.39 is 0 Å². The fourth-order valence-corrected chi connectivity index (χ4v) is 2.62. The van der Waals surface area contributed by atoms with E-state index in [0.29, 0.717) is 12.6 Å². The number of hydrogen-bond donors (Lipinski definition) is 1. The molecule has 110 valence electrons. The number of furan rings is 1. The van der Waals surface area contributed by atoms with Crippen molar-refractivity contribution < 1.29 is 4.42 Å². The van der Waals surface area contributed by atoms with Crippen molar-refractivity contribution in [1.82, 2.24) is 10.2 Å². The van der Waals surface area contributed by atoms with Crippen molar-refractivity contribution in [2.75, 3.05) is 13.1 Å². The van der Waals surface area contributed by atoms with E-state index in [1.54, 1.807) is 0 Å². The standard InChI is InChI=1S/C18H22N2O/c1-3-11-20(4-2)13-18-16(12-19-14-9-10-14)15-7-5-6-8-17(15)21-18/h1,5-8,14,19H,4,9-13H2,2H3. The first-order chi connectivity index (χ1) is 10.3. The third kappa shape index (κ3) is 3.29. The van der Waals surface area contributed by atoms with Gasteiger partial charge in [0.1, 0.15) is 11.3 Å². The van der Waals surface area contributed by atoms with Crippen molar-refractivity contribution in [3.05, 3.63) is 35.6 Å². The first kappa shape index (κ1) is 14.2. The second-order valence-corrected chi connectivity index (χ2v) is 5.66. The number of rotatable bonds is 7. The molecule has 2 aromatic rings. The quantitative estimate of drug-likeness (QED) is 0.791. The van der Waals surface area contributed by atoms with Crippen LogP contribution in [0.4, 0.5) is 0 Å². The highest BCUT2D eigenvalue weighted by Gasteiger charge is 2.22. The van der Waals surface area contributed by atoms with Crippen LogP contribution in [-0.4, -0.2) is 24.0 Å². The Morgan fingerprint density at radius 3 is 2.90 bits per heavy atom. The van der Waals surface area contributed by atoms with Crippen molar-refractivity contribution in [3.63, 3.8) is 0 Å². The summed E-state index contributed by atoms with van der Waals surface area (Å²) in [6.07, 6.45) is 8.03. The van der Waals surface area contributed by atoms with Gasteiger partial charge in [-0.05, 0) is 25.5 Å². The van der Waals surface area contributed by atoms with Gasteiger partial charge in [0.15, 0.2) is 0 Å². The molecule has 1 aliphatic rings. The number of nitrogens with one attached hydrogen (secondary N) is 1. The zero-order valence-corrected chi connectivity index (χ0v) is 12.6. The summed E-state index contributed by atoms with van der Waals surface area (Å²) in [5.74, 6) is 3.76. The van der Waals surface area contributed by atoms with Crippen LogP contribution in [0.1, 0.15) is 31.1 Å². The molecule has 21 heavy (non-hydrogen) atoms. The molecule has 1 aromatic carbocycles. The van der Waals surface area contributed by atoms with E-state index in [0.717, 1.165) is 31.0 Å². The van der Waals surface area contributed by atoms with Crippen molar-refractivity contribution in [3.8, 4) is 12.3 Å². The van der Waals surface area contributed by atoms with Crippen LogP contribution in [0.3, 0.4) is 0 Å². The van der Waals surface area contributed by atoms with E-state index in [2.05, 4.69) is 35.2 Å². The molecule has 0 amide bonds. The second-order valence-electron chi connectivity index (χ2n) is 5.66. The van der Waals surface area contributed by atoms with Gasteiger partial charge in [0.05, 0.1) is 13.1 Å². The van der Waals surface area contributed by atoms with Gasteiger partial charge in [-0.1, -0.05) is 31.0 Å². The van der Waals surface area contributed by atoms with Crippen LogP contribution >= 0.6 is 0 Å². The molecule has 0 bridgehead atoms. The van der Waals surface area contributed by atoms with Gasteiger partial charge in [0, 0.05) is 23.5 Å². The fraction of sp³-hybridized carbons (Fsp3) is 0.444. The maximum Gasteiger partial charge on any atom is 0.134 e. The van der Waals surface area contributed by atoms with E-state index in [1.165, 1.54) is 23.8 Å². The lowest BCUT2D eigenvalue weighted by Gasteiger charge is -2.16. The van der Waals surface area contributed by atoms with Crippen LogP contribution in [-0.2, 0) is 13.1 Å². The molecular weight excluding hydrogens is 260 g/mol. The van der Waals surface area contributed by atoms with Gasteiger partial charge >= 0.3 is 0 Å². The number of hydrogen-bond acceptors (Lipinski definition) is 3. The molecule has 1 aromatic heterocycles. The largest absolute Gasteiger partial charge is 0.459 e. The normalized spacial score (nSPS) is 14.7. The Morgan fingerprint density at radius 1 is 1.38 bits per heavy atom. The topological polar surface area (TPSA) is 28.4 Å². The van der Waals surface area contributed by atoms with E-state index in [4.69, 9.17) is 10.8 Å². The van der Waals surface area contributed by atoms with Crippen molar-refractivity contribution in [1.29, 1.82) is 0 Å². The summed E-state index contributed by atoms with van der Waals surface area (Å²) in [6, 6.07) is 8.97. The number of fused-ring (bicyclic) bond motifs is 1. The fourth-order valence-electron chi connectivity index (χ4n) is 2.62. The highest BCUT2D eigenvalue weighted by molar-refractivity contribution is 5.82. The predicted molar refractivity (Wildman–Crippen MR) is 85.9 cm³/mol. The summed E-state index contributed by atoms with van der Waals surface area (Å²) in [4.78, 5) is 2.22. The van der Waals surface area contributed by atoms with Gasteiger partial charge in [0.25, 0.3) is 0 Å². The molecule has 0 aliphatic heterocycles. The zero-order chi connectivity index (χ0) is 14.7. The summed E-state index contributed by atoms with van der Waals surface area (Å²) < 4.78 is 6.08. The molecule has 1 saturated carbocycles. The summed E-state index contributed by atoms with van der Waals surface area (Å²) in [5, 5.41) is 4.82. The third-order valence-corrected chi connectivity index (χ3v) is 4.06. The first-order valence-corrected chi connectivity index (χ1v) is 7.70. The van der Waals surface area contributed by atoms with Gasteiger partial charge in [-0.3, -0.25) is 4.90 Å². The molecule has 1 aliphatic carbocycles. The molecule has 1 fully saturated rings. The SMILES string of the molecule is C#CCN(CC)Cc1oc2ccccc2c1CNC1CC1. The maximum atomic E-state index is 6.08. The smallest absolute Gasteiger partial charge is 0.134 e. The Labute approximate surface area is 126 Å². The van der Waals surface area contributed by atoms with Crippen LogP contribution < -0.4 is 5.32 Å². The predicted octanol–water partition coefficient (Wildman–Crippen LogP) is 3.14. The number of terminal acetylenes is 1. The van der Waals surface area contributed by atoms with Gasteiger partial charge < -0.3 is 9.73 Å². The summed E-state index contributed by atoms with van der Waals surface area (Å²) in [5.41, 5.74) is 2.25. The van der Waals surface area contributed by atoms with Crippen LogP contribution in [0, 0.1) is 12.3 Å². The van der Waals surface area contributed by atoms with Crippen LogP contribution in [0.5, 0.6) is 0 Å². The molecular formula is C18H22N2O. The van der Waals surface area contributed by atoms with Gasteiger partial charge in [-0.15, -0.1) is 6.42 Å². The van der Waals surface area contributed by atoms with Gasteiger partial charge in [0.2, 0.25) is 0 Å². The van der Waals surface area contributed by atoms with E-state index >= 15 is 0 Å². The molecule has 3 nitrogen and oxygen atoms in total. The number of nitrogens with zero attached hydrogens (tertiary/aromatic N) is 1. The molecule has 0 spiro atoms. The minimum Gasteiger partial charge on any atom is -0.459 e. The minimum atomic E-state index is 0.656. The van der Waals surface area contributed by atoms with Crippen molar-refractivity contribution in [2.45, 2.75) is 38.9 Å². The maximum absolute atomic E-state index is 6.08. The Bertz CT molecular complexity index is 649. The lowest BCUT2D eigenvalue weighted by molar-refractivity contribution is 0.287. The van der Waals surface area contributed by atoms with Crippen LogP contribution in [0.2, 0.25) is 0 Å². The summed E-state index contributed by atoms with van der Waals surface area (Å²) in [6.45, 7) is 5.36. The highest BCUT2D eigenvalue weighted by Crippen LogP contribution is 2.28. The van der Waals surface area contributed by atoms with Crippen molar-refractivity contribution >= 4 is 11.0 Å². The first-order valence-electron chi connectivity index (χ1n) is 7.70. The third-order valence-electron chi connectivity index (χ3n) is 4.06. The minimum absolute atomic E-state index is 0.656. The van der Waals surface area contributed by atoms with E-state index in [1.807, 2.05) is 12.1 Å². The number of benzene rings is 1. The molecule has 3 rings (SSSR count). The van der Waals surface area contributed by atoms with Crippen LogP contribution in [0.25, 0.3) is 11.0 Å². The van der Waals surface area contributed by atoms with Crippen molar-refractivity contribution in [2.24, 2.45) is 0 Å². The molecule has 0 unspecified atom stereocenters. The van der Waals surface area contributed by atoms with Gasteiger partial charge in [-0.2, -0.15) is 0 Å². The molecule has 0 saturated heterocycles. The molecule has 1 N–H and O–H groups in total. The zero-order valence-electron chi connectivity index (χ0n) is 12.6. The monoisotopic (exact) mass is 282 g/mol. The lowest BCUT2D eigenvalue weighted by atomic mass is 10.1. The Kier molecular flexibility index (Phi) is 4.28. The summed E-state index contributed by atoms with van der Waals surface area (Å²) >= 11 is 0. The Morgan fingerprint density at radius 2 is 2.19 bits per heavy atom. The Hall–Kier alpha value is -1.76. The second kappa shape index (κ2) is 6.34. The van der Waals surface area contributed by atoms with E-state index in [9.17, 15) is 0 Å². The average Bonchev–Trinajstić information content (AvgIpc) is 3.26. The number of para-hydroxylation sites is 1. The average molecular weight is 282 g/mol. The lowest BCUT2D eigenvalue weighted by Crippen LogP contribution is -2.24. The van der Waals surface area contributed by atoms with Crippen LogP contribution in [0.15, 0.2) is 28.7 Å². The molecule has 3 heteroatoms. The summed E-state index contributed by atoms with van der Waals surface area (Å²) in [7, 11) is 0.